The number of amides is 1. The van der Waals surface area contributed by atoms with E-state index in [1.165, 1.54) is 11.8 Å². The lowest BCUT2D eigenvalue weighted by Gasteiger charge is -2.16. The highest BCUT2D eigenvalue weighted by Crippen LogP contribution is 2.21. The molecule has 0 spiro atoms. The number of fused-ring (bicyclic) bond motifs is 1. The summed E-state index contributed by atoms with van der Waals surface area (Å²) in [6.07, 6.45) is 0.861. The zero-order valence-corrected chi connectivity index (χ0v) is 19.5. The van der Waals surface area contributed by atoms with Gasteiger partial charge in [-0.3, -0.25) is 14.2 Å². The molecule has 0 aliphatic heterocycles. The first-order valence-corrected chi connectivity index (χ1v) is 11.4. The minimum absolute atomic E-state index is 0.0913. The van der Waals surface area contributed by atoms with Gasteiger partial charge in [0.1, 0.15) is 11.3 Å². The summed E-state index contributed by atoms with van der Waals surface area (Å²) in [6, 6.07) is 9.33. The van der Waals surface area contributed by atoms with E-state index < -0.39 is 0 Å². The first-order chi connectivity index (χ1) is 14.8. The van der Waals surface area contributed by atoms with Gasteiger partial charge in [-0.05, 0) is 49.9 Å². The molecule has 1 aromatic carbocycles. The number of H-pyrrole nitrogens is 1. The van der Waals surface area contributed by atoms with Crippen LogP contribution in [-0.4, -0.2) is 33.3 Å². The lowest BCUT2D eigenvalue weighted by atomic mass is 10.1. The third kappa shape index (κ3) is 5.70. The summed E-state index contributed by atoms with van der Waals surface area (Å²) in [5, 5.41) is 3.58. The smallest absolute Gasteiger partial charge is 0.278 e. The SMILES string of the molecule is COc1cccc([C@@H](C)NC(=O)CSc2nc3cc(C)[nH]c3c(=O)n2CCC(C)C)c1. The molecule has 2 aromatic heterocycles. The summed E-state index contributed by atoms with van der Waals surface area (Å²) >= 11 is 1.29. The molecular formula is C23H30N4O3S. The van der Waals surface area contributed by atoms with Gasteiger partial charge in [0.15, 0.2) is 5.16 Å². The molecular weight excluding hydrogens is 412 g/mol. The van der Waals surface area contributed by atoms with Gasteiger partial charge in [0, 0.05) is 12.2 Å². The maximum absolute atomic E-state index is 13.0. The van der Waals surface area contributed by atoms with Crippen molar-refractivity contribution in [2.45, 2.75) is 51.9 Å². The van der Waals surface area contributed by atoms with Crippen molar-refractivity contribution in [1.82, 2.24) is 19.9 Å². The second-order valence-electron chi connectivity index (χ2n) is 8.10. The molecule has 8 heteroatoms. The van der Waals surface area contributed by atoms with Crippen molar-refractivity contribution in [3.05, 3.63) is 51.9 Å². The van der Waals surface area contributed by atoms with Gasteiger partial charge < -0.3 is 15.0 Å². The number of thioether (sulfide) groups is 1. The molecule has 31 heavy (non-hydrogen) atoms. The van der Waals surface area contributed by atoms with E-state index >= 15 is 0 Å². The summed E-state index contributed by atoms with van der Waals surface area (Å²) in [6.45, 7) is 8.65. The van der Waals surface area contributed by atoms with Crippen LogP contribution in [0.15, 0.2) is 40.3 Å². The molecule has 3 rings (SSSR count). The van der Waals surface area contributed by atoms with Crippen LogP contribution >= 0.6 is 11.8 Å². The molecule has 2 N–H and O–H groups in total. The predicted octanol–water partition coefficient (Wildman–Crippen LogP) is 4.06. The number of rotatable bonds is 9. The largest absolute Gasteiger partial charge is 0.497 e. The Bertz CT molecular complexity index is 1120. The first kappa shape index (κ1) is 22.9. The molecule has 2 heterocycles. The number of hydrogen-bond donors (Lipinski definition) is 2. The number of ether oxygens (including phenoxy) is 1. The van der Waals surface area contributed by atoms with Crippen molar-refractivity contribution >= 4 is 28.7 Å². The van der Waals surface area contributed by atoms with Crippen molar-refractivity contribution in [2.75, 3.05) is 12.9 Å². The molecule has 7 nitrogen and oxygen atoms in total. The average molecular weight is 443 g/mol. The molecule has 0 radical (unpaired) electrons. The Morgan fingerprint density at radius 1 is 1.29 bits per heavy atom. The van der Waals surface area contributed by atoms with E-state index in [0.29, 0.717) is 28.7 Å². The van der Waals surface area contributed by atoms with Crippen LogP contribution < -0.4 is 15.6 Å². The van der Waals surface area contributed by atoms with E-state index in [9.17, 15) is 9.59 Å². The third-order valence-electron chi connectivity index (χ3n) is 5.07. The summed E-state index contributed by atoms with van der Waals surface area (Å²) in [7, 11) is 1.62. The van der Waals surface area contributed by atoms with Crippen molar-refractivity contribution in [1.29, 1.82) is 0 Å². The van der Waals surface area contributed by atoms with E-state index in [1.54, 1.807) is 11.7 Å². The summed E-state index contributed by atoms with van der Waals surface area (Å²) in [5.74, 6) is 1.27. The Hall–Kier alpha value is -2.74. The normalized spacial score (nSPS) is 12.3. The number of nitrogens with one attached hydrogen (secondary N) is 2. The van der Waals surface area contributed by atoms with Crippen LogP contribution in [0.2, 0.25) is 0 Å². The Morgan fingerprint density at radius 2 is 2.06 bits per heavy atom. The van der Waals surface area contributed by atoms with Gasteiger partial charge in [-0.1, -0.05) is 37.7 Å². The summed E-state index contributed by atoms with van der Waals surface area (Å²) in [5.41, 5.74) is 2.92. The van der Waals surface area contributed by atoms with Crippen LogP contribution in [0.3, 0.4) is 0 Å². The number of methoxy groups -OCH3 is 1. The molecule has 0 aliphatic carbocycles. The average Bonchev–Trinajstić information content (AvgIpc) is 3.12. The van der Waals surface area contributed by atoms with E-state index in [1.807, 2.05) is 44.2 Å². The standard InChI is InChI=1S/C23H30N4O3S/c1-14(2)9-10-27-22(29)21-19(11-15(3)24-21)26-23(27)31-13-20(28)25-16(4)17-7-6-8-18(12-17)30-5/h6-8,11-12,14,16,24H,9-10,13H2,1-5H3,(H,25,28)/t16-/m1/s1. The molecule has 0 bridgehead atoms. The second kappa shape index (κ2) is 10.0. The van der Waals surface area contributed by atoms with Gasteiger partial charge in [-0.15, -0.1) is 0 Å². The predicted molar refractivity (Wildman–Crippen MR) is 125 cm³/mol. The number of nitrogens with zero attached hydrogens (tertiary/aromatic N) is 2. The van der Waals surface area contributed by atoms with E-state index in [-0.39, 0.29) is 23.3 Å². The Labute approximate surface area is 186 Å². The molecule has 0 fully saturated rings. The van der Waals surface area contributed by atoms with Gasteiger partial charge >= 0.3 is 0 Å². The molecule has 0 aliphatic rings. The zero-order valence-electron chi connectivity index (χ0n) is 18.7. The Balaban J connectivity index is 1.74. The minimum atomic E-state index is -0.158. The van der Waals surface area contributed by atoms with E-state index in [4.69, 9.17) is 4.74 Å². The number of aryl methyl sites for hydroxylation is 1. The highest BCUT2D eigenvalue weighted by atomic mass is 32.2. The third-order valence-corrected chi connectivity index (χ3v) is 6.05. The Morgan fingerprint density at radius 3 is 2.77 bits per heavy atom. The van der Waals surface area contributed by atoms with Gasteiger partial charge in [0.2, 0.25) is 5.91 Å². The fraction of sp³-hybridized carbons (Fsp3) is 0.435. The van der Waals surface area contributed by atoms with Crippen LogP contribution in [0.25, 0.3) is 11.0 Å². The molecule has 1 atom stereocenters. The highest BCUT2D eigenvalue weighted by molar-refractivity contribution is 7.99. The number of aromatic nitrogens is 3. The highest BCUT2D eigenvalue weighted by Gasteiger charge is 2.16. The number of aromatic amines is 1. The fourth-order valence-corrected chi connectivity index (χ4v) is 4.15. The summed E-state index contributed by atoms with van der Waals surface area (Å²) < 4.78 is 6.94. The molecule has 0 saturated heterocycles. The van der Waals surface area contributed by atoms with Crippen LogP contribution in [-0.2, 0) is 11.3 Å². The number of carbonyl (C=O) groups excluding carboxylic acids is 1. The van der Waals surface area contributed by atoms with Crippen molar-refractivity contribution in [3.63, 3.8) is 0 Å². The number of benzene rings is 1. The summed E-state index contributed by atoms with van der Waals surface area (Å²) in [4.78, 5) is 33.4. The van der Waals surface area contributed by atoms with Crippen molar-refractivity contribution in [3.8, 4) is 5.75 Å². The topological polar surface area (TPSA) is 89.0 Å². The maximum atomic E-state index is 13.0. The van der Waals surface area contributed by atoms with Crippen LogP contribution in [0.1, 0.15) is 44.5 Å². The Kier molecular flexibility index (Phi) is 7.43. The monoisotopic (exact) mass is 442 g/mol. The van der Waals surface area contributed by atoms with Crippen molar-refractivity contribution in [2.24, 2.45) is 5.92 Å². The lowest BCUT2D eigenvalue weighted by Crippen LogP contribution is -2.29. The molecule has 1 amide bonds. The van der Waals surface area contributed by atoms with Crippen molar-refractivity contribution < 1.29 is 9.53 Å². The van der Waals surface area contributed by atoms with Crippen LogP contribution in [0.5, 0.6) is 5.75 Å². The fourth-order valence-electron chi connectivity index (χ4n) is 3.31. The van der Waals surface area contributed by atoms with Gasteiger partial charge in [-0.2, -0.15) is 0 Å². The second-order valence-corrected chi connectivity index (χ2v) is 9.04. The maximum Gasteiger partial charge on any atom is 0.278 e. The van der Waals surface area contributed by atoms with Gasteiger partial charge in [-0.25, -0.2) is 4.98 Å². The first-order valence-electron chi connectivity index (χ1n) is 10.4. The van der Waals surface area contributed by atoms with Crippen LogP contribution in [0.4, 0.5) is 0 Å². The molecule has 0 saturated carbocycles. The van der Waals surface area contributed by atoms with Crippen LogP contribution in [0, 0.1) is 12.8 Å². The zero-order chi connectivity index (χ0) is 22.5. The van der Waals surface area contributed by atoms with Gasteiger partial charge in [0.25, 0.3) is 5.56 Å². The quantitative estimate of drug-likeness (QED) is 0.385. The van der Waals surface area contributed by atoms with Gasteiger partial charge in [0.05, 0.1) is 24.4 Å². The molecule has 0 unspecified atom stereocenters. The molecule has 3 aromatic rings. The van der Waals surface area contributed by atoms with E-state index in [0.717, 1.165) is 23.4 Å². The lowest BCUT2D eigenvalue weighted by molar-refractivity contribution is -0.119. The number of hydrogen-bond acceptors (Lipinski definition) is 5. The minimum Gasteiger partial charge on any atom is -0.497 e. The number of carbonyl (C=O) groups is 1. The molecule has 166 valence electrons. The van der Waals surface area contributed by atoms with E-state index in [2.05, 4.69) is 29.1 Å².